The molecule has 70 valence electrons. The van der Waals surface area contributed by atoms with Gasteiger partial charge in [0, 0.05) is 11.7 Å². The van der Waals surface area contributed by atoms with Gasteiger partial charge in [0.05, 0.1) is 6.61 Å². The van der Waals surface area contributed by atoms with E-state index in [9.17, 15) is 4.39 Å². The third kappa shape index (κ3) is 1.65. The molecule has 0 spiro atoms. The van der Waals surface area contributed by atoms with Crippen molar-refractivity contribution in [3.63, 3.8) is 0 Å². The summed E-state index contributed by atoms with van der Waals surface area (Å²) in [6, 6.07) is 4.84. The Morgan fingerprint density at radius 3 is 3.15 bits per heavy atom. The van der Waals surface area contributed by atoms with Gasteiger partial charge in [0.1, 0.15) is 5.82 Å². The first-order valence-corrected chi connectivity index (χ1v) is 4.45. The summed E-state index contributed by atoms with van der Waals surface area (Å²) < 4.78 is 12.8. The van der Waals surface area contributed by atoms with E-state index in [0.717, 1.165) is 24.1 Å². The van der Waals surface area contributed by atoms with Gasteiger partial charge in [0.2, 0.25) is 0 Å². The molecule has 2 nitrogen and oxygen atoms in total. The van der Waals surface area contributed by atoms with Crippen LogP contribution in [0.5, 0.6) is 0 Å². The molecule has 1 atom stereocenters. The third-order valence-electron chi connectivity index (χ3n) is 2.41. The molecule has 3 heteroatoms. The smallest absolute Gasteiger partial charge is 0.123 e. The molecule has 2 rings (SSSR count). The molecule has 13 heavy (non-hydrogen) atoms. The van der Waals surface area contributed by atoms with Crippen LogP contribution in [0.3, 0.4) is 0 Å². The molecule has 1 aliphatic rings. The average molecular weight is 181 g/mol. The van der Waals surface area contributed by atoms with E-state index < -0.39 is 0 Å². The number of aryl methyl sites for hydroxylation is 1. The van der Waals surface area contributed by atoms with Gasteiger partial charge in [0.25, 0.3) is 0 Å². The van der Waals surface area contributed by atoms with Crippen molar-refractivity contribution in [2.75, 3.05) is 11.9 Å². The molecule has 0 bridgehead atoms. The normalized spacial score (nSPS) is 20.6. The number of hydrogen-bond donors (Lipinski definition) is 2. The summed E-state index contributed by atoms with van der Waals surface area (Å²) in [5.74, 6) is -0.192. The summed E-state index contributed by atoms with van der Waals surface area (Å²) in [6.07, 6.45) is 1.71. The minimum absolute atomic E-state index is 0.123. The number of halogens is 1. The van der Waals surface area contributed by atoms with Crippen molar-refractivity contribution in [2.45, 2.75) is 18.9 Å². The van der Waals surface area contributed by atoms with Crippen molar-refractivity contribution in [3.05, 3.63) is 29.6 Å². The van der Waals surface area contributed by atoms with Crippen LogP contribution in [-0.2, 0) is 6.42 Å². The first-order valence-electron chi connectivity index (χ1n) is 4.45. The summed E-state index contributed by atoms with van der Waals surface area (Å²) in [5, 5.41) is 12.1. The van der Waals surface area contributed by atoms with E-state index in [4.69, 9.17) is 5.11 Å². The molecule has 1 aliphatic heterocycles. The van der Waals surface area contributed by atoms with Crippen molar-refractivity contribution in [1.29, 1.82) is 0 Å². The summed E-state index contributed by atoms with van der Waals surface area (Å²) in [6.45, 7) is 0.136. The second kappa shape index (κ2) is 3.34. The SMILES string of the molecule is OC[C@@H]1CCc2cc(F)ccc2N1. The highest BCUT2D eigenvalue weighted by Crippen LogP contribution is 2.24. The predicted octanol–water partition coefficient (Wildman–Crippen LogP) is 1.54. The Kier molecular flexibility index (Phi) is 2.19. The molecule has 0 saturated carbocycles. The van der Waals surface area contributed by atoms with Gasteiger partial charge < -0.3 is 10.4 Å². The second-order valence-corrected chi connectivity index (χ2v) is 3.36. The Hall–Kier alpha value is -1.09. The van der Waals surface area contributed by atoms with Crippen molar-refractivity contribution in [1.82, 2.24) is 0 Å². The molecule has 0 saturated heterocycles. The van der Waals surface area contributed by atoms with E-state index >= 15 is 0 Å². The molecule has 1 aromatic carbocycles. The number of hydrogen-bond acceptors (Lipinski definition) is 2. The molecule has 1 heterocycles. The lowest BCUT2D eigenvalue weighted by Crippen LogP contribution is -2.28. The fraction of sp³-hybridized carbons (Fsp3) is 0.400. The van der Waals surface area contributed by atoms with Crippen LogP contribution in [0.1, 0.15) is 12.0 Å². The molecule has 0 aromatic heterocycles. The zero-order valence-corrected chi connectivity index (χ0v) is 7.26. The van der Waals surface area contributed by atoms with E-state index in [1.165, 1.54) is 6.07 Å². The molecule has 0 fully saturated rings. The van der Waals surface area contributed by atoms with Crippen LogP contribution in [0.2, 0.25) is 0 Å². The number of fused-ring (bicyclic) bond motifs is 1. The maximum atomic E-state index is 12.8. The highest BCUT2D eigenvalue weighted by atomic mass is 19.1. The van der Waals surface area contributed by atoms with E-state index in [1.807, 2.05) is 0 Å². The zero-order valence-electron chi connectivity index (χ0n) is 7.26. The van der Waals surface area contributed by atoms with Gasteiger partial charge in [-0.05, 0) is 36.6 Å². The average Bonchev–Trinajstić information content (AvgIpc) is 2.17. The molecule has 0 radical (unpaired) electrons. The highest BCUT2D eigenvalue weighted by molar-refractivity contribution is 5.53. The monoisotopic (exact) mass is 181 g/mol. The van der Waals surface area contributed by atoms with Crippen LogP contribution in [0, 0.1) is 5.82 Å². The van der Waals surface area contributed by atoms with E-state index in [1.54, 1.807) is 12.1 Å². The van der Waals surface area contributed by atoms with Crippen molar-refractivity contribution in [2.24, 2.45) is 0 Å². The number of benzene rings is 1. The van der Waals surface area contributed by atoms with Crippen LogP contribution >= 0.6 is 0 Å². The topological polar surface area (TPSA) is 32.3 Å². The van der Waals surface area contributed by atoms with Gasteiger partial charge in [-0.25, -0.2) is 4.39 Å². The number of anilines is 1. The Morgan fingerprint density at radius 1 is 1.54 bits per heavy atom. The lowest BCUT2D eigenvalue weighted by molar-refractivity contribution is 0.267. The Bertz CT molecular complexity index is 314. The van der Waals surface area contributed by atoms with Crippen molar-refractivity contribution in [3.8, 4) is 0 Å². The molecule has 2 N–H and O–H groups in total. The van der Waals surface area contributed by atoms with Gasteiger partial charge in [-0.1, -0.05) is 0 Å². The molecule has 0 aliphatic carbocycles. The van der Waals surface area contributed by atoms with Gasteiger partial charge in [-0.2, -0.15) is 0 Å². The van der Waals surface area contributed by atoms with Crippen LogP contribution in [0.25, 0.3) is 0 Å². The van der Waals surface area contributed by atoms with E-state index in [-0.39, 0.29) is 18.5 Å². The van der Waals surface area contributed by atoms with E-state index in [2.05, 4.69) is 5.32 Å². The molecular weight excluding hydrogens is 169 g/mol. The van der Waals surface area contributed by atoms with Crippen LogP contribution < -0.4 is 5.32 Å². The summed E-state index contributed by atoms with van der Waals surface area (Å²) in [4.78, 5) is 0. The number of aliphatic hydroxyl groups is 1. The summed E-state index contributed by atoms with van der Waals surface area (Å²) in [7, 11) is 0. The van der Waals surface area contributed by atoms with Gasteiger partial charge >= 0.3 is 0 Å². The molecule has 1 aromatic rings. The minimum atomic E-state index is -0.192. The van der Waals surface area contributed by atoms with Crippen molar-refractivity contribution < 1.29 is 9.50 Å². The standard InChI is InChI=1S/C10H12FNO/c11-8-2-4-10-7(5-8)1-3-9(6-13)12-10/h2,4-5,9,12-13H,1,3,6H2/t9-/m0/s1. The lowest BCUT2D eigenvalue weighted by atomic mass is 9.98. The quantitative estimate of drug-likeness (QED) is 0.688. The van der Waals surface area contributed by atoms with Crippen LogP contribution in [-0.4, -0.2) is 17.8 Å². The number of aliphatic hydroxyl groups excluding tert-OH is 1. The molecule has 0 unspecified atom stereocenters. The first kappa shape index (κ1) is 8.51. The van der Waals surface area contributed by atoms with E-state index in [0.29, 0.717) is 0 Å². The summed E-state index contributed by atoms with van der Waals surface area (Å²) in [5.41, 5.74) is 1.96. The van der Waals surface area contributed by atoms with Gasteiger partial charge in [0.15, 0.2) is 0 Å². The fourth-order valence-electron chi connectivity index (χ4n) is 1.67. The Morgan fingerprint density at radius 2 is 2.38 bits per heavy atom. The zero-order chi connectivity index (χ0) is 9.26. The molecular formula is C10H12FNO. The Balaban J connectivity index is 2.26. The van der Waals surface area contributed by atoms with Gasteiger partial charge in [-0.3, -0.25) is 0 Å². The number of rotatable bonds is 1. The maximum Gasteiger partial charge on any atom is 0.123 e. The minimum Gasteiger partial charge on any atom is -0.394 e. The largest absolute Gasteiger partial charge is 0.394 e. The first-order chi connectivity index (χ1) is 6.29. The van der Waals surface area contributed by atoms with Crippen molar-refractivity contribution >= 4 is 5.69 Å². The summed E-state index contributed by atoms with van der Waals surface area (Å²) >= 11 is 0. The lowest BCUT2D eigenvalue weighted by Gasteiger charge is -2.25. The maximum absolute atomic E-state index is 12.8. The van der Waals surface area contributed by atoms with Gasteiger partial charge in [-0.15, -0.1) is 0 Å². The second-order valence-electron chi connectivity index (χ2n) is 3.36. The predicted molar refractivity (Wildman–Crippen MR) is 49.2 cm³/mol. The Labute approximate surface area is 76.4 Å². The third-order valence-corrected chi connectivity index (χ3v) is 2.41. The van der Waals surface area contributed by atoms with Crippen LogP contribution in [0.15, 0.2) is 18.2 Å². The fourth-order valence-corrected chi connectivity index (χ4v) is 1.67. The highest BCUT2D eigenvalue weighted by Gasteiger charge is 2.16. The van der Waals surface area contributed by atoms with Crippen LogP contribution in [0.4, 0.5) is 10.1 Å². The molecule has 0 amide bonds. The number of nitrogens with one attached hydrogen (secondary N) is 1.